The fourth-order valence-electron chi connectivity index (χ4n) is 3.23. The van der Waals surface area contributed by atoms with Gasteiger partial charge in [-0.1, -0.05) is 41.9 Å². The lowest BCUT2D eigenvalue weighted by molar-refractivity contribution is 0.0635. The Hall–Kier alpha value is -1.66. The minimum atomic E-state index is 0.151. The van der Waals surface area contributed by atoms with Gasteiger partial charge >= 0.3 is 0 Å². The van der Waals surface area contributed by atoms with E-state index in [4.69, 9.17) is 11.6 Å². The molecule has 2 aromatic heterocycles. The van der Waals surface area contributed by atoms with Crippen LogP contribution in [0.5, 0.6) is 0 Å². The van der Waals surface area contributed by atoms with E-state index in [1.54, 1.807) is 11.3 Å². The molecule has 134 valence electrons. The average Bonchev–Trinajstić information content (AvgIpc) is 3.32. The third-order valence-corrected chi connectivity index (χ3v) is 6.73. The standard InChI is InChI=1S/C20H19ClN2OS2/c21-18-7-6-16(26-18)14-22-9-11-23(12-10-22)20(24)19-17(8-13-25-19)15-4-2-1-3-5-15/h1-8,13H,9-12,14H2. The molecule has 0 bridgehead atoms. The summed E-state index contributed by atoms with van der Waals surface area (Å²) in [7, 11) is 0. The largest absolute Gasteiger partial charge is 0.335 e. The highest BCUT2D eigenvalue weighted by molar-refractivity contribution is 7.16. The number of hydrogen-bond donors (Lipinski definition) is 0. The van der Waals surface area contributed by atoms with Gasteiger partial charge in [-0.25, -0.2) is 0 Å². The topological polar surface area (TPSA) is 23.6 Å². The van der Waals surface area contributed by atoms with E-state index in [0.29, 0.717) is 0 Å². The zero-order valence-corrected chi connectivity index (χ0v) is 16.6. The number of piperazine rings is 1. The van der Waals surface area contributed by atoms with Crippen LogP contribution < -0.4 is 0 Å². The molecule has 0 N–H and O–H groups in total. The first kappa shape index (κ1) is 17.7. The lowest BCUT2D eigenvalue weighted by Crippen LogP contribution is -2.48. The van der Waals surface area contributed by atoms with Crippen LogP contribution in [0.4, 0.5) is 0 Å². The maximum Gasteiger partial charge on any atom is 0.264 e. The molecule has 0 unspecified atom stereocenters. The molecule has 3 nitrogen and oxygen atoms in total. The molecule has 4 rings (SSSR count). The van der Waals surface area contributed by atoms with E-state index in [-0.39, 0.29) is 5.91 Å². The molecule has 0 aliphatic carbocycles. The molecule has 1 fully saturated rings. The second-order valence-corrected chi connectivity index (χ2v) is 9.02. The SMILES string of the molecule is O=C(c1sccc1-c1ccccc1)N1CCN(Cc2ccc(Cl)s2)CC1. The first-order valence-electron chi connectivity index (χ1n) is 8.59. The van der Waals surface area contributed by atoms with Crippen molar-refractivity contribution in [3.63, 3.8) is 0 Å². The summed E-state index contributed by atoms with van der Waals surface area (Å²) < 4.78 is 0.833. The van der Waals surface area contributed by atoms with E-state index in [2.05, 4.69) is 23.1 Å². The number of benzene rings is 1. The summed E-state index contributed by atoms with van der Waals surface area (Å²) in [5, 5.41) is 2.01. The number of carbonyl (C=O) groups is 1. The number of hydrogen-bond acceptors (Lipinski definition) is 4. The molecule has 0 saturated carbocycles. The van der Waals surface area contributed by atoms with Gasteiger partial charge in [-0.2, -0.15) is 0 Å². The highest BCUT2D eigenvalue weighted by Crippen LogP contribution is 2.30. The van der Waals surface area contributed by atoms with Gasteiger partial charge in [0.1, 0.15) is 0 Å². The van der Waals surface area contributed by atoms with Gasteiger partial charge in [0.25, 0.3) is 5.91 Å². The van der Waals surface area contributed by atoms with Crippen LogP contribution in [0.2, 0.25) is 4.34 Å². The van der Waals surface area contributed by atoms with Crippen molar-refractivity contribution in [2.45, 2.75) is 6.54 Å². The van der Waals surface area contributed by atoms with Crippen molar-refractivity contribution in [3.8, 4) is 11.1 Å². The Bertz CT molecular complexity index is 882. The molecular formula is C20H19ClN2OS2. The van der Waals surface area contributed by atoms with Gasteiger partial charge in [-0.3, -0.25) is 9.69 Å². The van der Waals surface area contributed by atoms with Gasteiger partial charge in [-0.15, -0.1) is 22.7 Å². The van der Waals surface area contributed by atoms with Crippen molar-refractivity contribution < 1.29 is 4.79 Å². The van der Waals surface area contributed by atoms with Gasteiger partial charge < -0.3 is 4.90 Å². The molecule has 0 radical (unpaired) electrons. The number of thiophene rings is 2. The summed E-state index contributed by atoms with van der Waals surface area (Å²) in [6.45, 7) is 4.24. The molecule has 1 aliphatic rings. The molecule has 3 aromatic rings. The van der Waals surface area contributed by atoms with Crippen molar-refractivity contribution >= 4 is 40.2 Å². The lowest BCUT2D eigenvalue weighted by atomic mass is 10.1. The smallest absolute Gasteiger partial charge is 0.264 e. The molecule has 1 aromatic carbocycles. The van der Waals surface area contributed by atoms with Crippen molar-refractivity contribution in [3.05, 3.63) is 68.0 Å². The average molecular weight is 403 g/mol. The Morgan fingerprint density at radius 1 is 1.00 bits per heavy atom. The van der Waals surface area contributed by atoms with Crippen LogP contribution >= 0.6 is 34.3 Å². The molecule has 3 heterocycles. The zero-order valence-electron chi connectivity index (χ0n) is 14.2. The molecular weight excluding hydrogens is 384 g/mol. The second kappa shape index (κ2) is 7.92. The number of halogens is 1. The van der Waals surface area contributed by atoms with Crippen LogP contribution in [-0.4, -0.2) is 41.9 Å². The van der Waals surface area contributed by atoms with Gasteiger partial charge in [0, 0.05) is 43.2 Å². The number of amides is 1. The maximum atomic E-state index is 13.0. The second-order valence-electron chi connectivity index (χ2n) is 6.30. The molecule has 1 saturated heterocycles. The molecule has 0 atom stereocenters. The summed E-state index contributed by atoms with van der Waals surface area (Å²) >= 11 is 9.18. The summed E-state index contributed by atoms with van der Waals surface area (Å²) in [5.74, 6) is 0.151. The Balaban J connectivity index is 1.41. The minimum absolute atomic E-state index is 0.151. The van der Waals surface area contributed by atoms with E-state index >= 15 is 0 Å². The van der Waals surface area contributed by atoms with Crippen molar-refractivity contribution in [2.24, 2.45) is 0 Å². The van der Waals surface area contributed by atoms with Crippen LogP contribution in [0.1, 0.15) is 14.5 Å². The number of nitrogens with zero attached hydrogens (tertiary/aromatic N) is 2. The number of carbonyl (C=O) groups excluding carboxylic acids is 1. The van der Waals surface area contributed by atoms with Crippen molar-refractivity contribution in [1.82, 2.24) is 9.80 Å². The van der Waals surface area contributed by atoms with Crippen LogP contribution in [-0.2, 0) is 6.54 Å². The van der Waals surface area contributed by atoms with Crippen molar-refractivity contribution in [1.29, 1.82) is 0 Å². The monoisotopic (exact) mass is 402 g/mol. The van der Waals surface area contributed by atoms with E-state index in [1.807, 2.05) is 40.6 Å². The molecule has 26 heavy (non-hydrogen) atoms. The Morgan fingerprint density at radius 2 is 1.77 bits per heavy atom. The molecule has 0 spiro atoms. The van der Waals surface area contributed by atoms with Gasteiger partial charge in [0.15, 0.2) is 0 Å². The van der Waals surface area contributed by atoms with Crippen LogP contribution in [0, 0.1) is 0 Å². The fourth-order valence-corrected chi connectivity index (χ4v) is 5.24. The van der Waals surface area contributed by atoms with Crippen molar-refractivity contribution in [2.75, 3.05) is 26.2 Å². The quantitative estimate of drug-likeness (QED) is 0.607. The normalized spacial score (nSPS) is 15.3. The van der Waals surface area contributed by atoms with E-state index in [1.165, 1.54) is 16.2 Å². The highest BCUT2D eigenvalue weighted by Gasteiger charge is 2.25. The highest BCUT2D eigenvalue weighted by atomic mass is 35.5. The van der Waals surface area contributed by atoms with Crippen LogP contribution in [0.25, 0.3) is 11.1 Å². The van der Waals surface area contributed by atoms with Gasteiger partial charge in [-0.05, 0) is 29.1 Å². The first-order chi connectivity index (χ1) is 12.7. The lowest BCUT2D eigenvalue weighted by Gasteiger charge is -2.34. The minimum Gasteiger partial charge on any atom is -0.335 e. The first-order valence-corrected chi connectivity index (χ1v) is 10.7. The van der Waals surface area contributed by atoms with Crippen LogP contribution in [0.3, 0.4) is 0 Å². The summed E-state index contributed by atoms with van der Waals surface area (Å²) in [6.07, 6.45) is 0. The van der Waals surface area contributed by atoms with E-state index in [0.717, 1.165) is 53.1 Å². The summed E-state index contributed by atoms with van der Waals surface area (Å²) in [5.41, 5.74) is 2.14. The third-order valence-electron chi connectivity index (χ3n) is 4.61. The molecule has 1 aliphatic heterocycles. The Morgan fingerprint density at radius 3 is 2.46 bits per heavy atom. The van der Waals surface area contributed by atoms with Crippen LogP contribution in [0.15, 0.2) is 53.9 Å². The summed E-state index contributed by atoms with van der Waals surface area (Å²) in [6, 6.07) is 16.2. The molecule has 1 amide bonds. The predicted molar refractivity (Wildman–Crippen MR) is 110 cm³/mol. The number of rotatable bonds is 4. The molecule has 6 heteroatoms. The maximum absolute atomic E-state index is 13.0. The zero-order chi connectivity index (χ0) is 17.9. The van der Waals surface area contributed by atoms with E-state index < -0.39 is 0 Å². The fraction of sp³-hybridized carbons (Fsp3) is 0.250. The predicted octanol–water partition coefficient (Wildman–Crippen LogP) is 5.09. The summed E-state index contributed by atoms with van der Waals surface area (Å²) in [4.78, 5) is 19.5. The third kappa shape index (κ3) is 3.86. The van der Waals surface area contributed by atoms with Gasteiger partial charge in [0.2, 0.25) is 0 Å². The van der Waals surface area contributed by atoms with E-state index in [9.17, 15) is 4.79 Å². The Labute approximate surface area is 166 Å². The van der Waals surface area contributed by atoms with Gasteiger partial charge in [0.05, 0.1) is 9.21 Å². The Kier molecular flexibility index (Phi) is 5.41.